The Kier molecular flexibility index (Phi) is 10.9. The van der Waals surface area contributed by atoms with Gasteiger partial charge < -0.3 is 63.8 Å². The molecule has 15 nitrogen and oxygen atoms in total. The summed E-state index contributed by atoms with van der Waals surface area (Å²) in [6.07, 6.45) is -5.24. The monoisotopic (exact) mass is 838 g/mol. The molecule has 0 aromatic rings. The lowest BCUT2D eigenvalue weighted by atomic mass is 9.41. The molecule has 20 atom stereocenters. The lowest BCUT2D eigenvalue weighted by Gasteiger charge is -2.65. The zero-order valence-electron chi connectivity index (χ0n) is 36.3. The first-order chi connectivity index (χ1) is 27.3. The predicted molar refractivity (Wildman–Crippen MR) is 207 cm³/mol. The standard InChI is InChI=1S/C44H70O15/c1-21(45)55-32-25(49)19-54-37(33(32)56-22(2)46)58-28-11-13-44-20-43(44)15-14-40(7)34(42(9)12-10-29(59-42)39(5,6)52)23(47)17-41(40,8)27(43)16-26(35(44)38(28,3)4)57-36-31(51)30(50)24(48)18-53-36/h23-37,47-52H,10-20H2,1-9H3/t23-,24+,25-,26+,27+,28-,29+,30+,31+,32-,33+,34-,35-,36+,37-,40-,41+,42+,43+,44-/m1/s1. The van der Waals surface area contributed by atoms with Gasteiger partial charge in [-0.2, -0.15) is 0 Å². The van der Waals surface area contributed by atoms with E-state index in [0.29, 0.717) is 25.7 Å². The van der Waals surface area contributed by atoms with Crippen molar-refractivity contribution in [1.82, 2.24) is 0 Å². The van der Waals surface area contributed by atoms with Crippen molar-refractivity contribution in [1.29, 1.82) is 0 Å². The number of ether oxygens (including phenoxy) is 7. The molecular weight excluding hydrogens is 768 g/mol. The molecule has 3 saturated heterocycles. The lowest BCUT2D eigenvalue weighted by Crippen LogP contribution is -2.65. The highest BCUT2D eigenvalue weighted by Crippen LogP contribution is 2.89. The summed E-state index contributed by atoms with van der Waals surface area (Å²) in [5.41, 5.74) is -3.16. The molecule has 15 heteroatoms. The van der Waals surface area contributed by atoms with Crippen molar-refractivity contribution in [2.45, 2.75) is 205 Å². The van der Waals surface area contributed by atoms with Crippen LogP contribution in [0.1, 0.15) is 120 Å². The van der Waals surface area contributed by atoms with E-state index in [0.717, 1.165) is 32.1 Å². The van der Waals surface area contributed by atoms with Crippen molar-refractivity contribution in [3.63, 3.8) is 0 Å². The van der Waals surface area contributed by atoms with Gasteiger partial charge in [0.15, 0.2) is 24.8 Å². The molecule has 8 fully saturated rings. The van der Waals surface area contributed by atoms with Crippen LogP contribution in [0.25, 0.3) is 0 Å². The van der Waals surface area contributed by atoms with E-state index in [2.05, 4.69) is 34.6 Å². The summed E-state index contributed by atoms with van der Waals surface area (Å²) in [6.45, 7) is 16.7. The minimum absolute atomic E-state index is 0.0659. The zero-order chi connectivity index (χ0) is 43.0. The van der Waals surface area contributed by atoms with Crippen molar-refractivity contribution in [3.05, 3.63) is 0 Å². The minimum atomic E-state index is -1.49. The highest BCUT2D eigenvalue weighted by atomic mass is 16.7. The Bertz CT molecular complexity index is 1630. The van der Waals surface area contributed by atoms with Crippen LogP contribution in [0.5, 0.6) is 0 Å². The third kappa shape index (κ3) is 6.60. The van der Waals surface area contributed by atoms with Gasteiger partial charge in [0, 0.05) is 19.8 Å². The number of hydrogen-bond acceptors (Lipinski definition) is 15. The van der Waals surface area contributed by atoms with Crippen LogP contribution in [0.4, 0.5) is 0 Å². The van der Waals surface area contributed by atoms with Gasteiger partial charge in [0.2, 0.25) is 0 Å². The van der Waals surface area contributed by atoms with E-state index < -0.39 is 96.1 Å². The zero-order valence-corrected chi connectivity index (χ0v) is 36.3. The van der Waals surface area contributed by atoms with E-state index in [1.165, 1.54) is 13.8 Å². The van der Waals surface area contributed by atoms with Gasteiger partial charge in [-0.15, -0.1) is 0 Å². The van der Waals surface area contributed by atoms with E-state index in [1.54, 1.807) is 13.8 Å². The van der Waals surface area contributed by atoms with Gasteiger partial charge in [0.25, 0.3) is 0 Å². The summed E-state index contributed by atoms with van der Waals surface area (Å²) in [5.74, 6) is -1.47. The minimum Gasteiger partial charge on any atom is -0.455 e. The van der Waals surface area contributed by atoms with Crippen LogP contribution < -0.4 is 0 Å². The molecule has 0 radical (unpaired) electrons. The highest BCUT2D eigenvalue weighted by molar-refractivity contribution is 5.67. The van der Waals surface area contributed by atoms with Gasteiger partial charge in [-0.25, -0.2) is 0 Å². The molecule has 5 saturated carbocycles. The smallest absolute Gasteiger partial charge is 0.303 e. The first-order valence-electron chi connectivity index (χ1n) is 22.0. The number of aliphatic hydroxyl groups excluding tert-OH is 5. The lowest BCUT2D eigenvalue weighted by molar-refractivity contribution is -0.327. The number of hydrogen-bond donors (Lipinski definition) is 6. The fourth-order valence-corrected chi connectivity index (χ4v) is 15.2. The second-order valence-corrected chi connectivity index (χ2v) is 21.8. The van der Waals surface area contributed by atoms with Crippen molar-refractivity contribution >= 4 is 11.9 Å². The second kappa shape index (κ2) is 14.5. The molecule has 0 aromatic carbocycles. The maximum absolute atomic E-state index is 12.3. The van der Waals surface area contributed by atoms with Crippen molar-refractivity contribution in [2.75, 3.05) is 13.2 Å². The summed E-state index contributed by atoms with van der Waals surface area (Å²) in [4.78, 5) is 24.4. The Labute approximate surface area is 347 Å². The van der Waals surface area contributed by atoms with E-state index in [4.69, 9.17) is 33.2 Å². The molecule has 3 aliphatic heterocycles. The predicted octanol–water partition coefficient (Wildman–Crippen LogP) is 2.50. The molecule has 0 unspecified atom stereocenters. The van der Waals surface area contributed by atoms with Crippen LogP contribution in [0.15, 0.2) is 0 Å². The molecule has 0 bridgehead atoms. The van der Waals surface area contributed by atoms with Crippen LogP contribution in [0.2, 0.25) is 0 Å². The number of rotatable bonds is 8. The quantitative estimate of drug-likeness (QED) is 0.153. The maximum Gasteiger partial charge on any atom is 0.303 e. The van der Waals surface area contributed by atoms with Gasteiger partial charge in [-0.3, -0.25) is 9.59 Å². The second-order valence-electron chi connectivity index (χ2n) is 21.8. The Morgan fingerprint density at radius 1 is 0.695 bits per heavy atom. The molecular formula is C44H70O15. The van der Waals surface area contributed by atoms with E-state index in [1.807, 2.05) is 0 Å². The van der Waals surface area contributed by atoms with Gasteiger partial charge in [-0.05, 0) is 117 Å². The van der Waals surface area contributed by atoms with Crippen LogP contribution in [-0.2, 0) is 42.7 Å². The molecule has 6 N–H and O–H groups in total. The maximum atomic E-state index is 12.3. The Hall–Kier alpha value is -1.50. The molecule has 3 heterocycles. The number of aliphatic hydroxyl groups is 6. The van der Waals surface area contributed by atoms with Crippen LogP contribution in [0, 0.1) is 44.8 Å². The van der Waals surface area contributed by atoms with Gasteiger partial charge in [-0.1, -0.05) is 27.7 Å². The van der Waals surface area contributed by atoms with Crippen molar-refractivity contribution in [3.8, 4) is 0 Å². The SMILES string of the molecule is CC(=O)O[C@@H]1[C@@H](O[C@@H]2CC[C@]34C[C@]35CC[C@]3(C)[C@H]([C@]6(C)CC[C@@H](C(C)(C)O)O6)[C@H](O)C[C@@]3(C)[C@@H]5C[C@H](O[C@@H]3OC[C@H](O)[C@H](O)[C@@H]3O)[C@@H]4C2(C)C)OC[C@@H](O)[C@H]1OC(C)=O. The topological polar surface area (TPSA) is 220 Å². The number of carbonyl (C=O) groups is 2. The molecule has 0 aromatic heterocycles. The molecule has 2 spiro atoms. The molecule has 8 rings (SSSR count). The summed E-state index contributed by atoms with van der Waals surface area (Å²) < 4.78 is 43.5. The van der Waals surface area contributed by atoms with Gasteiger partial charge in [0.1, 0.15) is 24.4 Å². The molecule has 59 heavy (non-hydrogen) atoms. The average molecular weight is 839 g/mol. The van der Waals surface area contributed by atoms with E-state index in [9.17, 15) is 40.2 Å². The summed E-state index contributed by atoms with van der Waals surface area (Å²) in [6, 6.07) is 0. The Morgan fingerprint density at radius 3 is 1.98 bits per heavy atom. The van der Waals surface area contributed by atoms with Crippen molar-refractivity contribution < 1.29 is 73.4 Å². The first-order valence-corrected chi connectivity index (χ1v) is 22.0. The van der Waals surface area contributed by atoms with E-state index in [-0.39, 0.29) is 58.7 Å². The van der Waals surface area contributed by atoms with Crippen LogP contribution in [-0.4, -0.2) is 141 Å². The van der Waals surface area contributed by atoms with E-state index >= 15 is 0 Å². The van der Waals surface area contributed by atoms with Crippen molar-refractivity contribution in [2.24, 2.45) is 44.8 Å². The average Bonchev–Trinajstić information content (AvgIpc) is 3.49. The molecule has 5 aliphatic carbocycles. The first kappa shape index (κ1) is 44.1. The van der Waals surface area contributed by atoms with Gasteiger partial charge >= 0.3 is 11.9 Å². The Balaban J connectivity index is 1.13. The molecule has 336 valence electrons. The summed E-state index contributed by atoms with van der Waals surface area (Å²) in [7, 11) is 0. The largest absolute Gasteiger partial charge is 0.455 e. The van der Waals surface area contributed by atoms with Crippen LogP contribution >= 0.6 is 0 Å². The molecule has 0 amide bonds. The van der Waals surface area contributed by atoms with Crippen LogP contribution in [0.3, 0.4) is 0 Å². The highest BCUT2D eigenvalue weighted by Gasteiger charge is 2.85. The summed E-state index contributed by atoms with van der Waals surface area (Å²) in [5, 5.41) is 66.3. The normalized spacial score (nSPS) is 54.0. The van der Waals surface area contributed by atoms with Gasteiger partial charge in [0.05, 0.1) is 48.8 Å². The third-order valence-corrected chi connectivity index (χ3v) is 17.8. The number of carbonyl (C=O) groups excluding carboxylic acids is 2. The number of esters is 2. The fourth-order valence-electron chi connectivity index (χ4n) is 15.2. The number of fused-ring (bicyclic) bond motifs is 2. The Morgan fingerprint density at radius 2 is 1.34 bits per heavy atom. The summed E-state index contributed by atoms with van der Waals surface area (Å²) >= 11 is 0. The fraction of sp³-hybridized carbons (Fsp3) is 0.955. The molecule has 8 aliphatic rings. The third-order valence-electron chi connectivity index (χ3n) is 17.8.